The zero-order valence-corrected chi connectivity index (χ0v) is 13.8. The molecule has 0 aromatic carbocycles. The first-order chi connectivity index (χ1) is 11.3. The average Bonchev–Trinajstić information content (AvgIpc) is 3.25. The van der Waals surface area contributed by atoms with Gasteiger partial charge in [-0.15, -0.1) is 0 Å². The lowest BCUT2D eigenvalue weighted by molar-refractivity contribution is 0.0911. The summed E-state index contributed by atoms with van der Waals surface area (Å²) >= 11 is 1.52. The fourth-order valence-electron chi connectivity index (χ4n) is 3.23. The molecule has 0 aliphatic heterocycles. The van der Waals surface area contributed by atoms with Gasteiger partial charge in [-0.05, 0) is 30.2 Å². The minimum Gasteiger partial charge on any atom is -0.343 e. The van der Waals surface area contributed by atoms with Crippen molar-refractivity contribution in [3.05, 3.63) is 40.6 Å². The van der Waals surface area contributed by atoms with Gasteiger partial charge in [-0.25, -0.2) is 4.98 Å². The number of rotatable bonds is 5. The van der Waals surface area contributed by atoms with Crippen LogP contribution in [0.4, 0.5) is 0 Å². The zero-order chi connectivity index (χ0) is 16.1. The molecule has 6 heteroatoms. The summed E-state index contributed by atoms with van der Waals surface area (Å²) in [6.07, 6.45) is 9.45. The van der Waals surface area contributed by atoms with E-state index >= 15 is 0 Å². The third-order valence-electron chi connectivity index (χ3n) is 4.42. The predicted molar refractivity (Wildman–Crippen MR) is 88.9 cm³/mol. The Kier molecular flexibility index (Phi) is 5.09. The van der Waals surface area contributed by atoms with E-state index in [0.29, 0.717) is 11.5 Å². The molecule has 23 heavy (non-hydrogen) atoms. The van der Waals surface area contributed by atoms with Gasteiger partial charge < -0.3 is 9.88 Å². The molecule has 1 atom stereocenters. The van der Waals surface area contributed by atoms with Gasteiger partial charge in [0.1, 0.15) is 6.54 Å². The van der Waals surface area contributed by atoms with Crippen molar-refractivity contribution in [2.75, 3.05) is 0 Å². The van der Waals surface area contributed by atoms with E-state index in [4.69, 9.17) is 5.26 Å². The van der Waals surface area contributed by atoms with Crippen molar-refractivity contribution < 1.29 is 4.79 Å². The highest BCUT2D eigenvalue weighted by Gasteiger charge is 2.28. The number of thiophene rings is 1. The van der Waals surface area contributed by atoms with E-state index in [0.717, 1.165) is 18.5 Å². The molecule has 1 fully saturated rings. The summed E-state index contributed by atoms with van der Waals surface area (Å²) in [4.78, 5) is 16.9. The third-order valence-corrected chi connectivity index (χ3v) is 5.10. The third kappa shape index (κ3) is 3.80. The van der Waals surface area contributed by atoms with E-state index in [9.17, 15) is 4.79 Å². The molecule has 2 heterocycles. The molecule has 120 valence electrons. The normalized spacial score (nSPS) is 16.7. The Morgan fingerprint density at radius 1 is 1.48 bits per heavy atom. The molecule has 0 saturated heterocycles. The van der Waals surface area contributed by atoms with Crippen LogP contribution in [0.2, 0.25) is 0 Å². The van der Waals surface area contributed by atoms with E-state index in [1.54, 1.807) is 10.9 Å². The molecule has 1 aliphatic rings. The number of hydrogen-bond donors (Lipinski definition) is 1. The van der Waals surface area contributed by atoms with Crippen molar-refractivity contribution in [2.24, 2.45) is 5.92 Å². The van der Waals surface area contributed by atoms with Crippen molar-refractivity contribution in [3.8, 4) is 6.07 Å². The molecule has 0 radical (unpaired) electrons. The lowest BCUT2D eigenvalue weighted by Gasteiger charge is -2.29. The highest BCUT2D eigenvalue weighted by Crippen LogP contribution is 2.34. The lowest BCUT2D eigenvalue weighted by Crippen LogP contribution is -2.34. The van der Waals surface area contributed by atoms with E-state index in [1.165, 1.54) is 30.6 Å². The Labute approximate surface area is 140 Å². The van der Waals surface area contributed by atoms with E-state index in [-0.39, 0.29) is 18.5 Å². The Bertz CT molecular complexity index is 680. The first kappa shape index (κ1) is 15.8. The minimum absolute atomic E-state index is 0.0448. The summed E-state index contributed by atoms with van der Waals surface area (Å²) < 4.78 is 1.77. The largest absolute Gasteiger partial charge is 0.343 e. The quantitative estimate of drug-likeness (QED) is 0.913. The van der Waals surface area contributed by atoms with Gasteiger partial charge in [0.2, 0.25) is 0 Å². The summed E-state index contributed by atoms with van der Waals surface area (Å²) in [5, 5.41) is 15.8. The number of hydrogen-bond acceptors (Lipinski definition) is 4. The molecule has 1 saturated carbocycles. The number of nitrogens with zero attached hydrogens (tertiary/aromatic N) is 3. The van der Waals surface area contributed by atoms with Crippen LogP contribution in [-0.4, -0.2) is 15.5 Å². The van der Waals surface area contributed by atoms with E-state index in [2.05, 4.69) is 16.4 Å². The highest BCUT2D eigenvalue weighted by molar-refractivity contribution is 7.08. The van der Waals surface area contributed by atoms with E-state index < -0.39 is 0 Å². The summed E-state index contributed by atoms with van der Waals surface area (Å²) in [6.45, 7) is 0.281. The van der Waals surface area contributed by atoms with Crippen molar-refractivity contribution in [1.82, 2.24) is 14.9 Å². The Morgan fingerprint density at radius 3 is 3.00 bits per heavy atom. The molecule has 2 aromatic heterocycles. The molecule has 1 amide bonds. The smallest absolute Gasteiger partial charge is 0.252 e. The van der Waals surface area contributed by atoms with Crippen LogP contribution in [0, 0.1) is 17.2 Å². The van der Waals surface area contributed by atoms with Crippen LogP contribution in [0.15, 0.2) is 29.4 Å². The van der Waals surface area contributed by atoms with Gasteiger partial charge in [-0.3, -0.25) is 4.79 Å². The Morgan fingerprint density at radius 2 is 2.30 bits per heavy atom. The first-order valence-electron chi connectivity index (χ1n) is 7.99. The Balaban J connectivity index is 1.80. The molecule has 1 aliphatic carbocycles. The predicted octanol–water partition coefficient (Wildman–Crippen LogP) is 3.52. The van der Waals surface area contributed by atoms with Gasteiger partial charge in [0.05, 0.1) is 29.7 Å². The van der Waals surface area contributed by atoms with Crippen LogP contribution >= 0.6 is 11.3 Å². The summed E-state index contributed by atoms with van der Waals surface area (Å²) in [5.41, 5.74) is 1.56. The number of carbonyl (C=O) groups excluding carboxylic acids is 1. The minimum atomic E-state index is -0.0809. The van der Waals surface area contributed by atoms with Crippen LogP contribution in [0.3, 0.4) is 0 Å². The fourth-order valence-corrected chi connectivity index (χ4v) is 3.86. The van der Waals surface area contributed by atoms with Crippen LogP contribution in [0.1, 0.15) is 54.2 Å². The van der Waals surface area contributed by atoms with E-state index in [1.807, 2.05) is 23.0 Å². The van der Waals surface area contributed by atoms with Gasteiger partial charge in [-0.2, -0.15) is 16.6 Å². The highest BCUT2D eigenvalue weighted by atomic mass is 32.1. The molecular weight excluding hydrogens is 308 g/mol. The van der Waals surface area contributed by atoms with Gasteiger partial charge in [0.25, 0.3) is 5.91 Å². The van der Waals surface area contributed by atoms with Gasteiger partial charge >= 0.3 is 0 Å². The molecule has 1 N–H and O–H groups in total. The Hall–Kier alpha value is -2.13. The maximum Gasteiger partial charge on any atom is 0.252 e. The van der Waals surface area contributed by atoms with Gasteiger partial charge in [-0.1, -0.05) is 19.3 Å². The van der Waals surface area contributed by atoms with Crippen LogP contribution in [0.5, 0.6) is 0 Å². The molecule has 2 aromatic rings. The van der Waals surface area contributed by atoms with Crippen molar-refractivity contribution in [1.29, 1.82) is 5.26 Å². The molecule has 0 spiro atoms. The molecular formula is C17H20N4OS. The SMILES string of the molecule is N#CCn1cnc([C@@H](NC(=O)c2ccsc2)C2CCCCC2)c1. The number of nitriles is 1. The molecule has 5 nitrogen and oxygen atoms in total. The molecule has 0 unspecified atom stereocenters. The lowest BCUT2D eigenvalue weighted by atomic mass is 9.82. The topological polar surface area (TPSA) is 70.7 Å². The number of nitrogens with one attached hydrogen (secondary N) is 1. The second kappa shape index (κ2) is 7.42. The summed E-state index contributed by atoms with van der Waals surface area (Å²) in [5.74, 6) is 0.369. The van der Waals surface area contributed by atoms with Crippen LogP contribution in [0.25, 0.3) is 0 Å². The molecule has 3 rings (SSSR count). The standard InChI is InChI=1S/C17H20N4OS/c18-7-8-21-10-15(19-12-21)16(13-4-2-1-3-5-13)20-17(22)14-6-9-23-11-14/h6,9-13,16H,1-5,8H2,(H,20,22)/t16-/m0/s1. The number of aromatic nitrogens is 2. The van der Waals surface area contributed by atoms with Gasteiger partial charge in [0, 0.05) is 11.6 Å². The molecule has 0 bridgehead atoms. The fraction of sp³-hybridized carbons (Fsp3) is 0.471. The zero-order valence-electron chi connectivity index (χ0n) is 12.9. The summed E-state index contributed by atoms with van der Waals surface area (Å²) in [7, 11) is 0. The number of amides is 1. The first-order valence-corrected chi connectivity index (χ1v) is 8.94. The maximum atomic E-state index is 12.5. The number of imidazole rings is 1. The van der Waals surface area contributed by atoms with Crippen LogP contribution in [-0.2, 0) is 6.54 Å². The second-order valence-corrected chi connectivity index (χ2v) is 6.77. The second-order valence-electron chi connectivity index (χ2n) is 5.99. The van der Waals surface area contributed by atoms with Crippen LogP contribution < -0.4 is 5.32 Å². The average molecular weight is 328 g/mol. The monoisotopic (exact) mass is 328 g/mol. The van der Waals surface area contributed by atoms with Crippen molar-refractivity contribution >= 4 is 17.2 Å². The van der Waals surface area contributed by atoms with Gasteiger partial charge in [0.15, 0.2) is 0 Å². The number of carbonyl (C=O) groups is 1. The maximum absolute atomic E-state index is 12.5. The van der Waals surface area contributed by atoms with Crippen molar-refractivity contribution in [3.63, 3.8) is 0 Å². The van der Waals surface area contributed by atoms with Crippen molar-refractivity contribution in [2.45, 2.75) is 44.7 Å². The summed E-state index contributed by atoms with van der Waals surface area (Å²) in [6, 6.07) is 3.87.